The minimum atomic E-state index is -0.331. The number of H-pyrrole nitrogens is 1. The van der Waals surface area contributed by atoms with Crippen LogP contribution in [0.2, 0.25) is 0 Å². The Bertz CT molecular complexity index is 976. The molecule has 152 valence electrons. The molecular weight excluding hydrogens is 368 g/mol. The Labute approximate surface area is 170 Å². The van der Waals surface area contributed by atoms with Crippen molar-refractivity contribution in [2.45, 2.75) is 39.5 Å². The van der Waals surface area contributed by atoms with E-state index in [1.54, 1.807) is 30.3 Å². The molecule has 0 aliphatic heterocycles. The maximum atomic E-state index is 12.1. The van der Waals surface area contributed by atoms with Crippen LogP contribution in [-0.2, 0) is 9.47 Å². The van der Waals surface area contributed by atoms with Gasteiger partial charge < -0.3 is 14.5 Å². The maximum Gasteiger partial charge on any atom is 0.338 e. The van der Waals surface area contributed by atoms with Crippen LogP contribution in [0.15, 0.2) is 42.5 Å². The lowest BCUT2D eigenvalue weighted by Crippen LogP contribution is -2.06. The first kappa shape index (κ1) is 20.6. The van der Waals surface area contributed by atoms with E-state index in [0.717, 1.165) is 42.3 Å². The van der Waals surface area contributed by atoms with Crippen molar-refractivity contribution < 1.29 is 19.1 Å². The Balaban J connectivity index is 1.73. The number of benzene rings is 2. The summed E-state index contributed by atoms with van der Waals surface area (Å²) in [5, 5.41) is 0. The van der Waals surface area contributed by atoms with Gasteiger partial charge in [-0.15, -0.1) is 0 Å². The number of hydrogen-bond acceptors (Lipinski definition) is 5. The Morgan fingerprint density at radius 2 is 1.45 bits per heavy atom. The average molecular weight is 394 g/mol. The summed E-state index contributed by atoms with van der Waals surface area (Å²) < 4.78 is 10.5. The average Bonchev–Trinajstić information content (AvgIpc) is 3.17. The third-order valence-electron chi connectivity index (χ3n) is 4.57. The summed E-state index contributed by atoms with van der Waals surface area (Å²) in [5.74, 6) is 0.0191. The lowest BCUT2D eigenvalue weighted by atomic mass is 10.1. The van der Waals surface area contributed by atoms with E-state index in [0.29, 0.717) is 30.2 Å². The summed E-state index contributed by atoms with van der Waals surface area (Å²) in [7, 11) is 0. The van der Waals surface area contributed by atoms with Gasteiger partial charge in [0.25, 0.3) is 0 Å². The molecule has 0 fully saturated rings. The zero-order chi connectivity index (χ0) is 20.6. The van der Waals surface area contributed by atoms with E-state index in [9.17, 15) is 9.59 Å². The lowest BCUT2D eigenvalue weighted by Gasteiger charge is -2.04. The highest BCUT2D eigenvalue weighted by molar-refractivity contribution is 5.94. The fourth-order valence-electron chi connectivity index (χ4n) is 2.82. The highest BCUT2D eigenvalue weighted by Crippen LogP contribution is 2.22. The van der Waals surface area contributed by atoms with Gasteiger partial charge in [0.15, 0.2) is 0 Å². The maximum absolute atomic E-state index is 12.1. The van der Waals surface area contributed by atoms with Gasteiger partial charge in [-0.2, -0.15) is 0 Å². The molecule has 29 heavy (non-hydrogen) atoms. The molecule has 0 saturated carbocycles. The zero-order valence-electron chi connectivity index (χ0n) is 16.9. The summed E-state index contributed by atoms with van der Waals surface area (Å²) in [6.45, 7) is 4.96. The van der Waals surface area contributed by atoms with E-state index < -0.39 is 0 Å². The van der Waals surface area contributed by atoms with Crippen LogP contribution in [0.25, 0.3) is 22.4 Å². The predicted octanol–water partition coefficient (Wildman–Crippen LogP) is 5.14. The molecule has 0 atom stereocenters. The predicted molar refractivity (Wildman–Crippen MR) is 112 cm³/mol. The molecule has 2 aromatic carbocycles. The van der Waals surface area contributed by atoms with Crippen LogP contribution < -0.4 is 0 Å². The number of ether oxygens (including phenoxy) is 2. The molecule has 0 aliphatic rings. The van der Waals surface area contributed by atoms with Crippen molar-refractivity contribution >= 4 is 23.0 Å². The molecule has 6 nitrogen and oxygen atoms in total. The van der Waals surface area contributed by atoms with Gasteiger partial charge >= 0.3 is 11.9 Å². The van der Waals surface area contributed by atoms with Crippen LogP contribution in [0, 0.1) is 0 Å². The lowest BCUT2D eigenvalue weighted by molar-refractivity contribution is 0.0490. The second kappa shape index (κ2) is 9.87. The van der Waals surface area contributed by atoms with E-state index in [-0.39, 0.29) is 11.9 Å². The first-order chi connectivity index (χ1) is 14.1. The van der Waals surface area contributed by atoms with E-state index >= 15 is 0 Å². The smallest absolute Gasteiger partial charge is 0.338 e. The van der Waals surface area contributed by atoms with Gasteiger partial charge in [-0.1, -0.05) is 38.8 Å². The normalized spacial score (nSPS) is 10.8. The SMILES string of the molecule is CCCCOC(=O)c1ccc(-c2nc3ccc(C(=O)OCCCC)cc3[nH]2)cc1. The minimum Gasteiger partial charge on any atom is -0.462 e. The summed E-state index contributed by atoms with van der Waals surface area (Å²) >= 11 is 0. The number of nitrogens with one attached hydrogen (secondary N) is 1. The van der Waals surface area contributed by atoms with Crippen molar-refractivity contribution in [3.63, 3.8) is 0 Å². The third kappa shape index (κ3) is 5.22. The summed E-state index contributed by atoms with van der Waals surface area (Å²) in [4.78, 5) is 31.9. The third-order valence-corrected chi connectivity index (χ3v) is 4.57. The Kier molecular flexibility index (Phi) is 7.00. The Hall–Kier alpha value is -3.15. The van der Waals surface area contributed by atoms with Crippen LogP contribution in [0.4, 0.5) is 0 Å². The van der Waals surface area contributed by atoms with Gasteiger partial charge in [0.05, 0.1) is 35.4 Å². The standard InChI is InChI=1S/C23H26N2O4/c1-3-5-13-28-22(26)17-9-7-16(8-10-17)21-24-19-12-11-18(15-20(19)25-21)23(27)29-14-6-4-2/h7-12,15H,3-6,13-14H2,1-2H3,(H,24,25). The molecule has 0 spiro atoms. The molecular formula is C23H26N2O4. The molecule has 0 unspecified atom stereocenters. The van der Waals surface area contributed by atoms with Gasteiger partial charge in [0, 0.05) is 5.56 Å². The second-order valence-corrected chi connectivity index (χ2v) is 6.87. The Morgan fingerprint density at radius 3 is 2.07 bits per heavy atom. The molecule has 3 rings (SSSR count). The van der Waals surface area contributed by atoms with Crippen LogP contribution in [-0.4, -0.2) is 35.1 Å². The summed E-state index contributed by atoms with van der Waals surface area (Å²) in [6, 6.07) is 12.4. The number of fused-ring (bicyclic) bond motifs is 1. The molecule has 0 saturated heterocycles. The summed E-state index contributed by atoms with van der Waals surface area (Å²) in [6.07, 6.45) is 3.67. The van der Waals surface area contributed by atoms with Crippen molar-refractivity contribution in [3.8, 4) is 11.4 Å². The minimum absolute atomic E-state index is 0.319. The number of aromatic nitrogens is 2. The zero-order valence-corrected chi connectivity index (χ0v) is 16.9. The highest BCUT2D eigenvalue weighted by atomic mass is 16.5. The first-order valence-corrected chi connectivity index (χ1v) is 10.1. The molecule has 0 amide bonds. The molecule has 0 aliphatic carbocycles. The van der Waals surface area contributed by atoms with Crippen LogP contribution in [0.5, 0.6) is 0 Å². The number of unbranched alkanes of at least 4 members (excludes halogenated alkanes) is 2. The summed E-state index contributed by atoms with van der Waals surface area (Å²) in [5.41, 5.74) is 3.37. The number of aromatic amines is 1. The fourth-order valence-corrected chi connectivity index (χ4v) is 2.82. The Morgan fingerprint density at radius 1 is 0.862 bits per heavy atom. The van der Waals surface area contributed by atoms with Crippen molar-refractivity contribution in [1.82, 2.24) is 9.97 Å². The molecule has 0 radical (unpaired) electrons. The highest BCUT2D eigenvalue weighted by Gasteiger charge is 2.12. The van der Waals surface area contributed by atoms with Crippen molar-refractivity contribution in [2.24, 2.45) is 0 Å². The topological polar surface area (TPSA) is 81.3 Å². The second-order valence-electron chi connectivity index (χ2n) is 6.87. The van der Waals surface area contributed by atoms with Crippen molar-refractivity contribution in [1.29, 1.82) is 0 Å². The molecule has 3 aromatic rings. The molecule has 1 aromatic heterocycles. The fraction of sp³-hybridized carbons (Fsp3) is 0.348. The van der Waals surface area contributed by atoms with Crippen LogP contribution >= 0.6 is 0 Å². The number of nitrogens with zero attached hydrogens (tertiary/aromatic N) is 1. The van der Waals surface area contributed by atoms with Gasteiger partial charge in [-0.25, -0.2) is 14.6 Å². The number of carbonyl (C=O) groups excluding carboxylic acids is 2. The molecule has 1 heterocycles. The molecule has 1 N–H and O–H groups in total. The number of hydrogen-bond donors (Lipinski definition) is 1. The molecule has 6 heteroatoms. The van der Waals surface area contributed by atoms with Gasteiger partial charge in [0.1, 0.15) is 5.82 Å². The quantitative estimate of drug-likeness (QED) is 0.401. The number of rotatable bonds is 9. The number of esters is 2. The number of carbonyl (C=O) groups is 2. The van der Waals surface area contributed by atoms with E-state index in [1.807, 2.05) is 26.0 Å². The van der Waals surface area contributed by atoms with Crippen LogP contribution in [0.3, 0.4) is 0 Å². The largest absolute Gasteiger partial charge is 0.462 e. The first-order valence-electron chi connectivity index (χ1n) is 10.1. The van der Waals surface area contributed by atoms with Gasteiger partial charge in [-0.3, -0.25) is 0 Å². The van der Waals surface area contributed by atoms with Gasteiger partial charge in [-0.05, 0) is 43.2 Å². The van der Waals surface area contributed by atoms with Crippen molar-refractivity contribution in [3.05, 3.63) is 53.6 Å². The van der Waals surface area contributed by atoms with E-state index in [4.69, 9.17) is 9.47 Å². The van der Waals surface area contributed by atoms with Crippen LogP contribution in [0.1, 0.15) is 60.2 Å². The number of imidazole rings is 1. The van der Waals surface area contributed by atoms with E-state index in [2.05, 4.69) is 9.97 Å². The van der Waals surface area contributed by atoms with Crippen molar-refractivity contribution in [2.75, 3.05) is 13.2 Å². The molecule has 0 bridgehead atoms. The van der Waals surface area contributed by atoms with Gasteiger partial charge in [0.2, 0.25) is 0 Å². The van der Waals surface area contributed by atoms with E-state index in [1.165, 1.54) is 0 Å². The monoisotopic (exact) mass is 394 g/mol.